The van der Waals surface area contributed by atoms with Crippen molar-refractivity contribution in [2.24, 2.45) is 0 Å². The molecule has 0 saturated heterocycles. The molecule has 0 aliphatic rings. The first kappa shape index (κ1) is 6.85. The van der Waals surface area contributed by atoms with Gasteiger partial charge >= 0.3 is 0 Å². The van der Waals surface area contributed by atoms with Gasteiger partial charge in [-0.1, -0.05) is 16.1 Å². The summed E-state index contributed by atoms with van der Waals surface area (Å²) in [6.45, 7) is 0. The zero-order valence-electron chi connectivity index (χ0n) is 4.17. The molecule has 0 radical (unpaired) electrons. The van der Waals surface area contributed by atoms with Crippen LogP contribution in [0.2, 0.25) is 0 Å². The van der Waals surface area contributed by atoms with Gasteiger partial charge in [-0.3, -0.25) is 0 Å². The van der Waals surface area contributed by atoms with E-state index in [-0.39, 0.29) is 4.45 Å². The molecular formula is C3H2ClN3S2. The first-order chi connectivity index (χ1) is 4.29. The van der Waals surface area contributed by atoms with Gasteiger partial charge in [0, 0.05) is 11.5 Å². The number of aromatic nitrogens is 2. The predicted octanol–water partition coefficient (Wildman–Crippen LogP) is 1.47. The summed E-state index contributed by atoms with van der Waals surface area (Å²) < 4.78 is 3.80. The van der Waals surface area contributed by atoms with Crippen molar-refractivity contribution in [3.63, 3.8) is 0 Å². The van der Waals surface area contributed by atoms with Crippen LogP contribution in [0, 0.1) is 0 Å². The lowest BCUT2D eigenvalue weighted by Crippen LogP contribution is -1.97. The molecule has 1 aromatic rings. The van der Waals surface area contributed by atoms with E-state index in [1.54, 1.807) is 6.20 Å². The average molecular weight is 180 g/mol. The van der Waals surface area contributed by atoms with Crippen LogP contribution in [0.1, 0.15) is 0 Å². The first-order valence-electron chi connectivity index (χ1n) is 2.03. The second-order valence-electron chi connectivity index (χ2n) is 1.18. The normalized spacial score (nSPS) is 9.00. The molecule has 3 nitrogen and oxygen atoms in total. The number of nitrogens with zero attached hydrogens (tertiary/aromatic N) is 2. The number of anilines is 1. The van der Waals surface area contributed by atoms with Crippen molar-refractivity contribution in [2.75, 3.05) is 5.32 Å². The van der Waals surface area contributed by atoms with Crippen molar-refractivity contribution in [3.8, 4) is 0 Å². The van der Waals surface area contributed by atoms with Crippen molar-refractivity contribution in [3.05, 3.63) is 6.20 Å². The molecule has 1 heterocycles. The Labute approximate surface area is 66.2 Å². The Morgan fingerprint density at radius 1 is 1.89 bits per heavy atom. The van der Waals surface area contributed by atoms with Gasteiger partial charge in [-0.25, -0.2) is 0 Å². The summed E-state index contributed by atoms with van der Waals surface area (Å²) in [6.07, 6.45) is 1.55. The lowest BCUT2D eigenvalue weighted by atomic mass is 10.8. The summed E-state index contributed by atoms with van der Waals surface area (Å²) in [5.74, 6) is 0. The quantitative estimate of drug-likeness (QED) is 0.403. The molecule has 0 amide bonds. The van der Waals surface area contributed by atoms with Crippen LogP contribution >= 0.6 is 35.4 Å². The van der Waals surface area contributed by atoms with Gasteiger partial charge in [0.2, 0.25) is 0 Å². The summed E-state index contributed by atoms with van der Waals surface area (Å²) in [7, 11) is 0. The van der Waals surface area contributed by atoms with Gasteiger partial charge < -0.3 is 5.32 Å². The van der Waals surface area contributed by atoms with Gasteiger partial charge in [0.15, 0.2) is 4.45 Å². The molecule has 0 spiro atoms. The zero-order chi connectivity index (χ0) is 6.69. The van der Waals surface area contributed by atoms with Crippen molar-refractivity contribution in [1.29, 1.82) is 0 Å². The highest BCUT2D eigenvalue weighted by Crippen LogP contribution is 2.09. The molecule has 0 aromatic carbocycles. The second-order valence-corrected chi connectivity index (χ2v) is 2.98. The van der Waals surface area contributed by atoms with Gasteiger partial charge in [-0.15, -0.1) is 5.10 Å². The summed E-state index contributed by atoms with van der Waals surface area (Å²) in [4.78, 5) is 0. The number of thiocarbonyl (C=S) groups is 1. The van der Waals surface area contributed by atoms with Crippen LogP contribution in [0.15, 0.2) is 6.20 Å². The standard InChI is InChI=1S/C3H2ClN3S2/c4-3(8)6-2-1-5-7-9-2/h1H,(H,6,8). The van der Waals surface area contributed by atoms with Crippen molar-refractivity contribution < 1.29 is 0 Å². The number of hydrogen-bond acceptors (Lipinski definition) is 4. The highest BCUT2D eigenvalue weighted by atomic mass is 35.5. The van der Waals surface area contributed by atoms with Gasteiger partial charge in [0.05, 0.1) is 6.20 Å². The Bertz CT molecular complexity index is 197. The number of nitrogens with one attached hydrogen (secondary N) is 1. The third kappa shape index (κ3) is 2.21. The van der Waals surface area contributed by atoms with Crippen LogP contribution in [0.5, 0.6) is 0 Å². The van der Waals surface area contributed by atoms with E-state index in [2.05, 4.69) is 27.1 Å². The fraction of sp³-hybridized carbons (Fsp3) is 0. The van der Waals surface area contributed by atoms with E-state index < -0.39 is 0 Å². The summed E-state index contributed by atoms with van der Waals surface area (Å²) >= 11 is 11.1. The molecule has 0 atom stereocenters. The Morgan fingerprint density at radius 2 is 2.67 bits per heavy atom. The molecule has 0 aliphatic carbocycles. The highest BCUT2D eigenvalue weighted by Gasteiger charge is 1.93. The third-order valence-electron chi connectivity index (χ3n) is 0.583. The van der Waals surface area contributed by atoms with Crippen molar-refractivity contribution >= 4 is 44.8 Å². The van der Waals surface area contributed by atoms with Crippen LogP contribution in [0.3, 0.4) is 0 Å². The Kier molecular flexibility index (Phi) is 2.32. The molecule has 1 rings (SSSR count). The van der Waals surface area contributed by atoms with Crippen LogP contribution < -0.4 is 5.32 Å². The Morgan fingerprint density at radius 3 is 3.11 bits per heavy atom. The van der Waals surface area contributed by atoms with Gasteiger partial charge in [0.1, 0.15) is 5.00 Å². The maximum absolute atomic E-state index is 5.34. The fourth-order valence-corrected chi connectivity index (χ4v) is 1.08. The Balaban J connectivity index is 2.58. The van der Waals surface area contributed by atoms with Crippen LogP contribution in [-0.4, -0.2) is 14.0 Å². The minimum absolute atomic E-state index is 0.209. The lowest BCUT2D eigenvalue weighted by Gasteiger charge is -1.91. The van der Waals surface area contributed by atoms with Gasteiger partial charge in [-0.05, 0) is 12.2 Å². The van der Waals surface area contributed by atoms with Gasteiger partial charge in [0.25, 0.3) is 0 Å². The minimum Gasteiger partial charge on any atom is -0.326 e. The maximum Gasteiger partial charge on any atom is 0.172 e. The summed E-state index contributed by atoms with van der Waals surface area (Å²) in [6, 6.07) is 0. The number of halogens is 1. The summed E-state index contributed by atoms with van der Waals surface area (Å²) in [5.41, 5.74) is 0. The molecule has 0 bridgehead atoms. The van der Waals surface area contributed by atoms with E-state index in [1.165, 1.54) is 11.5 Å². The maximum atomic E-state index is 5.34. The SMILES string of the molecule is S=C(Cl)Nc1cnns1. The smallest absolute Gasteiger partial charge is 0.172 e. The predicted molar refractivity (Wildman–Crippen MR) is 42.0 cm³/mol. The molecule has 48 valence electrons. The first-order valence-corrected chi connectivity index (χ1v) is 3.59. The third-order valence-corrected chi connectivity index (χ3v) is 1.36. The molecule has 1 N–H and O–H groups in total. The van der Waals surface area contributed by atoms with Gasteiger partial charge in [-0.2, -0.15) is 0 Å². The van der Waals surface area contributed by atoms with E-state index >= 15 is 0 Å². The molecule has 9 heavy (non-hydrogen) atoms. The molecule has 0 saturated carbocycles. The molecule has 0 aliphatic heterocycles. The van der Waals surface area contributed by atoms with Crippen LogP contribution in [-0.2, 0) is 0 Å². The summed E-state index contributed by atoms with van der Waals surface area (Å²) in [5, 5.41) is 7.00. The molecule has 0 fully saturated rings. The lowest BCUT2D eigenvalue weighted by molar-refractivity contribution is 1.16. The molecular weight excluding hydrogens is 178 g/mol. The average Bonchev–Trinajstić information content (AvgIpc) is 2.15. The highest BCUT2D eigenvalue weighted by molar-refractivity contribution is 7.83. The molecule has 0 unspecified atom stereocenters. The van der Waals surface area contributed by atoms with E-state index in [9.17, 15) is 0 Å². The van der Waals surface area contributed by atoms with Crippen molar-refractivity contribution in [2.45, 2.75) is 0 Å². The van der Waals surface area contributed by atoms with E-state index in [0.717, 1.165) is 5.00 Å². The molecule has 6 heteroatoms. The molecule has 1 aromatic heterocycles. The Hall–Kier alpha value is -0.260. The van der Waals surface area contributed by atoms with Crippen molar-refractivity contribution in [1.82, 2.24) is 9.59 Å². The number of rotatable bonds is 1. The number of hydrogen-bond donors (Lipinski definition) is 1. The second kappa shape index (κ2) is 3.05. The largest absolute Gasteiger partial charge is 0.326 e. The van der Waals surface area contributed by atoms with E-state index in [4.69, 9.17) is 11.6 Å². The topological polar surface area (TPSA) is 37.8 Å². The fourth-order valence-electron chi connectivity index (χ4n) is 0.319. The minimum atomic E-state index is 0.209. The monoisotopic (exact) mass is 179 g/mol. The van der Waals surface area contributed by atoms with Crippen LogP contribution in [0.25, 0.3) is 0 Å². The zero-order valence-corrected chi connectivity index (χ0v) is 6.56. The van der Waals surface area contributed by atoms with Crippen LogP contribution in [0.4, 0.5) is 5.00 Å². The van der Waals surface area contributed by atoms with E-state index in [1.807, 2.05) is 0 Å². The van der Waals surface area contributed by atoms with E-state index in [0.29, 0.717) is 0 Å².